The summed E-state index contributed by atoms with van der Waals surface area (Å²) in [6.07, 6.45) is 0. The third-order valence-electron chi connectivity index (χ3n) is 2.99. The maximum Gasteiger partial charge on any atom is 0.348 e. The van der Waals surface area contributed by atoms with Crippen LogP contribution in [0.25, 0.3) is 0 Å². The summed E-state index contributed by atoms with van der Waals surface area (Å²) < 4.78 is 10.2. The Labute approximate surface area is 129 Å². The number of ketones is 1. The minimum atomic E-state index is -0.530. The van der Waals surface area contributed by atoms with Crippen LogP contribution in [0.3, 0.4) is 0 Å². The van der Waals surface area contributed by atoms with Crippen LogP contribution in [0.5, 0.6) is 5.75 Å². The number of hydrogen-bond donors (Lipinski definition) is 1. The molecule has 1 aromatic carbocycles. The summed E-state index contributed by atoms with van der Waals surface area (Å²) in [6, 6.07) is 8.03. The van der Waals surface area contributed by atoms with E-state index in [2.05, 4.69) is 5.32 Å². The molecule has 1 aliphatic rings. The Morgan fingerprint density at radius 3 is 2.95 bits per heavy atom. The third-order valence-corrected chi connectivity index (χ3v) is 3.84. The molecule has 0 fully saturated rings. The lowest BCUT2D eigenvalue weighted by molar-refractivity contribution is -0.118. The topological polar surface area (TPSA) is 81.7 Å². The lowest BCUT2D eigenvalue weighted by atomic mass is 10.1. The van der Waals surface area contributed by atoms with E-state index in [1.54, 1.807) is 29.6 Å². The van der Waals surface area contributed by atoms with E-state index in [0.29, 0.717) is 21.9 Å². The molecule has 2 aromatic rings. The summed E-state index contributed by atoms with van der Waals surface area (Å²) in [5, 5.41) is 4.37. The van der Waals surface area contributed by atoms with Gasteiger partial charge in [-0.2, -0.15) is 0 Å². The van der Waals surface area contributed by atoms with Crippen molar-refractivity contribution in [3.8, 4) is 5.75 Å². The fraction of sp³-hybridized carbons (Fsp3) is 0.133. The maximum absolute atomic E-state index is 12.1. The normalized spacial score (nSPS) is 12.8. The molecule has 0 saturated heterocycles. The van der Waals surface area contributed by atoms with Crippen LogP contribution in [0.1, 0.15) is 20.0 Å². The predicted octanol–water partition coefficient (Wildman–Crippen LogP) is 2.12. The molecular weight excluding hydrogens is 306 g/mol. The van der Waals surface area contributed by atoms with Crippen molar-refractivity contribution in [2.75, 3.05) is 18.5 Å². The maximum atomic E-state index is 12.1. The Morgan fingerprint density at radius 1 is 1.32 bits per heavy atom. The first-order valence-electron chi connectivity index (χ1n) is 6.44. The van der Waals surface area contributed by atoms with Gasteiger partial charge in [0, 0.05) is 5.56 Å². The zero-order valence-corrected chi connectivity index (χ0v) is 12.1. The number of Topliss-reactive ketones (excluding diaryl/α,β-unsaturated/α-hetero) is 1. The quantitative estimate of drug-likeness (QED) is 0.690. The van der Waals surface area contributed by atoms with E-state index < -0.39 is 5.97 Å². The molecule has 22 heavy (non-hydrogen) atoms. The number of thiophene rings is 1. The van der Waals surface area contributed by atoms with Gasteiger partial charge in [0.05, 0.1) is 5.69 Å². The van der Waals surface area contributed by atoms with Gasteiger partial charge < -0.3 is 14.8 Å². The highest BCUT2D eigenvalue weighted by Gasteiger charge is 2.18. The molecule has 3 rings (SSSR count). The summed E-state index contributed by atoms with van der Waals surface area (Å²) in [5.74, 6) is -0.654. The molecule has 0 unspecified atom stereocenters. The second-order valence-electron chi connectivity index (χ2n) is 4.52. The highest BCUT2D eigenvalue weighted by atomic mass is 32.1. The minimum Gasteiger partial charge on any atom is -0.482 e. The lowest BCUT2D eigenvalue weighted by Gasteiger charge is -2.18. The number of esters is 1. The molecule has 0 spiro atoms. The van der Waals surface area contributed by atoms with Gasteiger partial charge in [-0.05, 0) is 29.6 Å². The average Bonchev–Trinajstić information content (AvgIpc) is 3.06. The number of benzene rings is 1. The Balaban J connectivity index is 1.66. The standard InChI is InChI=1S/C15H11NO5S/c17-11(7-21-15(19)13-2-1-5-22-13)9-3-4-12-10(6-9)16-14(18)8-20-12/h1-6H,7-8H2,(H,16,18). The van der Waals surface area contributed by atoms with Gasteiger partial charge in [-0.15, -0.1) is 11.3 Å². The van der Waals surface area contributed by atoms with Crippen molar-refractivity contribution in [2.24, 2.45) is 0 Å². The van der Waals surface area contributed by atoms with E-state index in [-0.39, 0.29) is 24.9 Å². The zero-order valence-electron chi connectivity index (χ0n) is 11.3. The third kappa shape index (κ3) is 2.99. The van der Waals surface area contributed by atoms with Crippen LogP contribution >= 0.6 is 11.3 Å². The summed E-state index contributed by atoms with van der Waals surface area (Å²) in [7, 11) is 0. The van der Waals surface area contributed by atoms with Gasteiger partial charge in [0.2, 0.25) is 0 Å². The summed E-state index contributed by atoms with van der Waals surface area (Å²) >= 11 is 1.25. The number of carbonyl (C=O) groups excluding carboxylic acids is 3. The van der Waals surface area contributed by atoms with Crippen molar-refractivity contribution in [1.82, 2.24) is 0 Å². The van der Waals surface area contributed by atoms with Crippen molar-refractivity contribution in [1.29, 1.82) is 0 Å². The zero-order chi connectivity index (χ0) is 15.5. The van der Waals surface area contributed by atoms with Crippen molar-refractivity contribution < 1.29 is 23.9 Å². The van der Waals surface area contributed by atoms with Gasteiger partial charge in [-0.25, -0.2) is 4.79 Å². The smallest absolute Gasteiger partial charge is 0.348 e. The van der Waals surface area contributed by atoms with Crippen LogP contribution in [0, 0.1) is 0 Å². The average molecular weight is 317 g/mol. The molecule has 7 heteroatoms. The van der Waals surface area contributed by atoms with Crippen LogP contribution in [-0.4, -0.2) is 30.9 Å². The van der Waals surface area contributed by atoms with Crippen LogP contribution < -0.4 is 10.1 Å². The molecule has 112 valence electrons. The molecule has 0 radical (unpaired) electrons. The number of hydrogen-bond acceptors (Lipinski definition) is 6. The van der Waals surface area contributed by atoms with E-state index in [4.69, 9.17) is 9.47 Å². The molecule has 0 saturated carbocycles. The van der Waals surface area contributed by atoms with Crippen LogP contribution in [0.2, 0.25) is 0 Å². The summed E-state index contributed by atoms with van der Waals surface area (Å²) in [5.41, 5.74) is 0.773. The number of fused-ring (bicyclic) bond motifs is 1. The Morgan fingerprint density at radius 2 is 2.18 bits per heavy atom. The van der Waals surface area contributed by atoms with E-state index in [0.717, 1.165) is 0 Å². The van der Waals surface area contributed by atoms with Crippen LogP contribution in [-0.2, 0) is 9.53 Å². The molecule has 0 atom stereocenters. The Hall–Kier alpha value is -2.67. The first-order chi connectivity index (χ1) is 10.6. The second kappa shape index (κ2) is 5.98. The first kappa shape index (κ1) is 14.3. The van der Waals surface area contributed by atoms with Crippen LogP contribution in [0.4, 0.5) is 5.69 Å². The van der Waals surface area contributed by atoms with E-state index >= 15 is 0 Å². The van der Waals surface area contributed by atoms with E-state index in [1.807, 2.05) is 0 Å². The molecule has 6 nitrogen and oxygen atoms in total. The van der Waals surface area contributed by atoms with Gasteiger partial charge in [0.1, 0.15) is 10.6 Å². The number of ether oxygens (including phenoxy) is 2. The largest absolute Gasteiger partial charge is 0.482 e. The predicted molar refractivity (Wildman–Crippen MR) is 79.5 cm³/mol. The molecule has 1 amide bonds. The van der Waals surface area contributed by atoms with Crippen LogP contribution in [0.15, 0.2) is 35.7 Å². The second-order valence-corrected chi connectivity index (χ2v) is 5.47. The molecule has 1 aromatic heterocycles. The van der Waals surface area contributed by atoms with Gasteiger partial charge in [0.15, 0.2) is 19.0 Å². The highest BCUT2D eigenvalue weighted by Crippen LogP contribution is 2.28. The van der Waals surface area contributed by atoms with E-state index in [9.17, 15) is 14.4 Å². The number of nitrogens with one attached hydrogen (secondary N) is 1. The van der Waals surface area contributed by atoms with E-state index in [1.165, 1.54) is 17.4 Å². The van der Waals surface area contributed by atoms with Crippen molar-refractivity contribution in [3.05, 3.63) is 46.2 Å². The molecule has 0 bridgehead atoms. The van der Waals surface area contributed by atoms with Gasteiger partial charge in [-0.1, -0.05) is 6.07 Å². The van der Waals surface area contributed by atoms with Gasteiger partial charge in [-0.3, -0.25) is 9.59 Å². The number of amides is 1. The molecule has 1 N–H and O–H groups in total. The Kier molecular flexibility index (Phi) is 3.88. The van der Waals surface area contributed by atoms with Gasteiger partial charge >= 0.3 is 5.97 Å². The molecule has 1 aliphatic heterocycles. The first-order valence-corrected chi connectivity index (χ1v) is 7.32. The Bertz CT molecular complexity index is 738. The van der Waals surface area contributed by atoms with Crippen molar-refractivity contribution in [2.45, 2.75) is 0 Å². The van der Waals surface area contributed by atoms with Crippen molar-refractivity contribution in [3.63, 3.8) is 0 Å². The molecular formula is C15H11NO5S. The van der Waals surface area contributed by atoms with Gasteiger partial charge in [0.25, 0.3) is 5.91 Å². The minimum absolute atomic E-state index is 0.0429. The molecule has 2 heterocycles. The highest BCUT2D eigenvalue weighted by molar-refractivity contribution is 7.11. The summed E-state index contributed by atoms with van der Waals surface area (Å²) in [4.78, 5) is 35.4. The van der Waals surface area contributed by atoms with Crippen molar-refractivity contribution >= 4 is 34.7 Å². The number of carbonyl (C=O) groups is 3. The SMILES string of the molecule is O=C1COc2ccc(C(=O)COC(=O)c3cccs3)cc2N1. The number of anilines is 1. The fourth-order valence-electron chi connectivity index (χ4n) is 1.94. The fourth-order valence-corrected chi connectivity index (χ4v) is 2.55. The number of rotatable bonds is 4. The summed E-state index contributed by atoms with van der Waals surface area (Å²) in [6.45, 7) is -0.400. The molecule has 0 aliphatic carbocycles. The monoisotopic (exact) mass is 317 g/mol. The lowest BCUT2D eigenvalue weighted by Crippen LogP contribution is -2.25.